The molecule has 0 aliphatic carbocycles. The summed E-state index contributed by atoms with van der Waals surface area (Å²) >= 11 is 0. The van der Waals surface area contributed by atoms with E-state index in [4.69, 9.17) is 5.11 Å². The number of carboxylic acids is 1. The number of aliphatic hydroxyl groups excluding tert-OH is 1. The number of carboxylic acid groups (broad SMARTS) is 1. The fourth-order valence-corrected chi connectivity index (χ4v) is 2.47. The molecule has 0 unspecified atom stereocenters. The van der Waals surface area contributed by atoms with Crippen molar-refractivity contribution in [3.05, 3.63) is 57.7 Å². The maximum absolute atomic E-state index is 14.0. The van der Waals surface area contributed by atoms with Gasteiger partial charge in [-0.2, -0.15) is 5.10 Å². The van der Waals surface area contributed by atoms with E-state index < -0.39 is 28.8 Å². The van der Waals surface area contributed by atoms with Gasteiger partial charge in [-0.1, -0.05) is 0 Å². The van der Waals surface area contributed by atoms with Crippen molar-refractivity contribution < 1.29 is 23.8 Å². The first-order chi connectivity index (χ1) is 11.9. The molecular formula is C16H11F2N3O4. The Hall–Kier alpha value is -3.36. The molecule has 0 saturated carbocycles. The summed E-state index contributed by atoms with van der Waals surface area (Å²) in [6, 6.07) is 3.90. The smallest absolute Gasteiger partial charge is 0.303 e. The number of rotatable bonds is 4. The first-order valence-corrected chi connectivity index (χ1v) is 7.14. The molecule has 1 aromatic carbocycles. The molecule has 0 aliphatic heterocycles. The van der Waals surface area contributed by atoms with Crippen LogP contribution in [0.15, 0.2) is 35.4 Å². The van der Waals surface area contributed by atoms with Crippen LogP contribution in [0.3, 0.4) is 0 Å². The maximum Gasteiger partial charge on any atom is 0.303 e. The molecule has 3 rings (SSSR count). The second-order valence-corrected chi connectivity index (χ2v) is 5.23. The third kappa shape index (κ3) is 3.03. The Balaban J connectivity index is 2.28. The molecule has 0 bridgehead atoms. The lowest BCUT2D eigenvalue weighted by molar-refractivity contribution is -0.136. The summed E-state index contributed by atoms with van der Waals surface area (Å²) < 4.78 is 28.3. The van der Waals surface area contributed by atoms with Crippen LogP contribution >= 0.6 is 0 Å². The topological polar surface area (TPSA) is 105 Å². The summed E-state index contributed by atoms with van der Waals surface area (Å²) in [5.74, 6) is -3.24. The van der Waals surface area contributed by atoms with Crippen LogP contribution in [0.1, 0.15) is 12.8 Å². The Bertz CT molecular complexity index is 1090. The fourth-order valence-electron chi connectivity index (χ4n) is 2.47. The Labute approximate surface area is 138 Å². The average Bonchev–Trinajstić information content (AvgIpc) is 3.01. The van der Waals surface area contributed by atoms with Crippen molar-refractivity contribution in [2.45, 2.75) is 12.8 Å². The number of pyridine rings is 1. The van der Waals surface area contributed by atoms with Crippen molar-refractivity contribution in [2.75, 3.05) is 0 Å². The van der Waals surface area contributed by atoms with E-state index in [0.717, 1.165) is 29.0 Å². The van der Waals surface area contributed by atoms with Gasteiger partial charge in [0.25, 0.3) is 0 Å². The quantitative estimate of drug-likeness (QED) is 0.737. The average molecular weight is 347 g/mol. The number of aliphatic carboxylic acids is 1. The maximum atomic E-state index is 14.0. The van der Waals surface area contributed by atoms with Crippen LogP contribution in [0.5, 0.6) is 0 Å². The van der Waals surface area contributed by atoms with E-state index in [9.17, 15) is 23.5 Å². The van der Waals surface area contributed by atoms with E-state index in [-0.39, 0.29) is 35.0 Å². The predicted molar refractivity (Wildman–Crippen MR) is 82.7 cm³/mol. The zero-order valence-corrected chi connectivity index (χ0v) is 12.6. The minimum Gasteiger partial charge on any atom is -0.511 e. The van der Waals surface area contributed by atoms with Crippen LogP contribution in [0.2, 0.25) is 0 Å². The van der Waals surface area contributed by atoms with E-state index in [1.165, 1.54) is 0 Å². The van der Waals surface area contributed by atoms with Gasteiger partial charge in [0.15, 0.2) is 11.1 Å². The Morgan fingerprint density at radius 3 is 2.60 bits per heavy atom. The number of fused-ring (bicyclic) bond motifs is 1. The van der Waals surface area contributed by atoms with Crippen molar-refractivity contribution in [1.82, 2.24) is 14.6 Å². The fraction of sp³-hybridized carbons (Fsp3) is 0.125. The first kappa shape index (κ1) is 16.5. The van der Waals surface area contributed by atoms with Crippen LogP contribution in [-0.2, 0) is 4.79 Å². The van der Waals surface area contributed by atoms with Crippen molar-refractivity contribution in [3.63, 3.8) is 0 Å². The van der Waals surface area contributed by atoms with Crippen molar-refractivity contribution >= 4 is 17.4 Å². The van der Waals surface area contributed by atoms with E-state index in [1.807, 2.05) is 0 Å². The minimum absolute atomic E-state index is 0.0322. The Morgan fingerprint density at radius 2 is 1.92 bits per heavy atom. The molecular weight excluding hydrogens is 336 g/mol. The standard InChI is InChI=1S/C16H11F2N3O4/c17-8-1-2-9(10(18)5-8)11-6-13(23)15(12(22)3-4-14(24)25)16-19-7-20-21(11)16/h1-2,5-7,22H,3-4H2,(H,24,25). The van der Waals surface area contributed by atoms with Crippen LogP contribution < -0.4 is 10.6 Å². The normalized spacial score (nSPS) is 12.4. The summed E-state index contributed by atoms with van der Waals surface area (Å²) in [5.41, 5.74) is -0.758. The predicted octanol–water partition coefficient (Wildman–Crippen LogP) is 1.28. The monoisotopic (exact) mass is 347 g/mol. The largest absolute Gasteiger partial charge is 0.511 e. The van der Waals surface area contributed by atoms with Crippen LogP contribution in [0.25, 0.3) is 22.7 Å². The molecule has 0 atom stereocenters. The number of aromatic nitrogens is 3. The van der Waals surface area contributed by atoms with Crippen LogP contribution in [0.4, 0.5) is 8.78 Å². The van der Waals surface area contributed by atoms with E-state index >= 15 is 0 Å². The number of carbonyl (C=O) groups is 1. The van der Waals surface area contributed by atoms with Crippen molar-refractivity contribution in [3.8, 4) is 11.3 Å². The molecule has 128 valence electrons. The van der Waals surface area contributed by atoms with E-state index in [0.29, 0.717) is 6.07 Å². The Kier molecular flexibility index (Phi) is 4.14. The lowest BCUT2D eigenvalue weighted by Crippen LogP contribution is -2.30. The molecule has 0 amide bonds. The lowest BCUT2D eigenvalue weighted by Gasteiger charge is -2.06. The second kappa shape index (κ2) is 6.27. The molecule has 0 fully saturated rings. The summed E-state index contributed by atoms with van der Waals surface area (Å²) in [4.78, 5) is 26.9. The SMILES string of the molecule is O=C(O)CCC(O)=c1c(=O)cc(-c2ccc(F)cc2F)n2ncnc12. The van der Waals surface area contributed by atoms with Gasteiger partial charge in [0, 0.05) is 24.1 Å². The van der Waals surface area contributed by atoms with E-state index in [1.54, 1.807) is 0 Å². The highest BCUT2D eigenvalue weighted by Gasteiger charge is 2.16. The summed E-state index contributed by atoms with van der Waals surface area (Å²) in [5, 5.41) is 22.5. The van der Waals surface area contributed by atoms with Crippen molar-refractivity contribution in [1.29, 1.82) is 0 Å². The van der Waals surface area contributed by atoms with Gasteiger partial charge in [-0.3, -0.25) is 9.59 Å². The molecule has 0 aliphatic rings. The van der Waals surface area contributed by atoms with Crippen LogP contribution in [-0.4, -0.2) is 30.8 Å². The third-order valence-corrected chi connectivity index (χ3v) is 3.59. The third-order valence-electron chi connectivity index (χ3n) is 3.59. The molecule has 2 heterocycles. The molecule has 9 heteroatoms. The highest BCUT2D eigenvalue weighted by atomic mass is 19.1. The zero-order valence-electron chi connectivity index (χ0n) is 12.6. The lowest BCUT2D eigenvalue weighted by atomic mass is 10.1. The van der Waals surface area contributed by atoms with Gasteiger partial charge in [0.05, 0.1) is 12.1 Å². The molecule has 25 heavy (non-hydrogen) atoms. The molecule has 0 spiro atoms. The van der Waals surface area contributed by atoms with E-state index in [2.05, 4.69) is 10.1 Å². The Morgan fingerprint density at radius 1 is 1.16 bits per heavy atom. The van der Waals surface area contributed by atoms with Gasteiger partial charge in [-0.25, -0.2) is 18.3 Å². The molecule has 7 nitrogen and oxygen atoms in total. The second-order valence-electron chi connectivity index (χ2n) is 5.23. The highest BCUT2D eigenvalue weighted by molar-refractivity contribution is 5.69. The van der Waals surface area contributed by atoms with Crippen molar-refractivity contribution in [2.24, 2.45) is 0 Å². The first-order valence-electron chi connectivity index (χ1n) is 7.14. The molecule has 3 aromatic rings. The summed E-state index contributed by atoms with van der Waals surface area (Å²) in [6.45, 7) is 0. The summed E-state index contributed by atoms with van der Waals surface area (Å²) in [7, 11) is 0. The zero-order chi connectivity index (χ0) is 18.1. The van der Waals surface area contributed by atoms with Crippen LogP contribution in [0, 0.1) is 11.6 Å². The van der Waals surface area contributed by atoms with Gasteiger partial charge in [-0.15, -0.1) is 0 Å². The number of hydrogen-bond acceptors (Lipinski definition) is 5. The van der Waals surface area contributed by atoms with Gasteiger partial charge in [0.2, 0.25) is 0 Å². The van der Waals surface area contributed by atoms with Gasteiger partial charge >= 0.3 is 5.97 Å². The molecule has 0 saturated heterocycles. The number of benzene rings is 1. The minimum atomic E-state index is -1.14. The number of hydrogen-bond donors (Lipinski definition) is 2. The van der Waals surface area contributed by atoms with Gasteiger partial charge in [-0.05, 0) is 12.1 Å². The number of halogens is 2. The summed E-state index contributed by atoms with van der Waals surface area (Å²) in [6.07, 6.45) is 0.463. The van der Waals surface area contributed by atoms with Gasteiger partial charge < -0.3 is 10.2 Å². The molecule has 2 aromatic heterocycles. The molecule has 0 radical (unpaired) electrons. The molecule has 2 N–H and O–H groups in total. The highest BCUT2D eigenvalue weighted by Crippen LogP contribution is 2.22. The number of aliphatic hydroxyl groups is 1. The van der Waals surface area contributed by atoms with Gasteiger partial charge in [0.1, 0.15) is 28.9 Å². The number of nitrogens with zero attached hydrogens (tertiary/aromatic N) is 3.